The average molecular weight is 256 g/mol. The summed E-state index contributed by atoms with van der Waals surface area (Å²) < 4.78 is 0.885. The molecule has 3 N–H and O–H groups in total. The Morgan fingerprint density at radius 2 is 2.21 bits per heavy atom. The van der Waals surface area contributed by atoms with E-state index >= 15 is 0 Å². The zero-order valence-corrected chi connectivity index (χ0v) is 9.60. The fraction of sp³-hybridized carbons (Fsp3) is 0.455. The predicted molar refractivity (Wildman–Crippen MR) is 60.6 cm³/mol. The number of hydrogen-bond donors (Lipinski definition) is 2. The van der Waals surface area contributed by atoms with Crippen molar-refractivity contribution in [2.45, 2.75) is 25.7 Å². The standard InChI is InChI=1S/C11H14BrNO/c12-10-9-3-1-2-7(9)6-8(4-5-13)11(10)14/h6,14H,1-5,13H2. The van der Waals surface area contributed by atoms with Crippen LogP contribution in [0, 0.1) is 0 Å². The van der Waals surface area contributed by atoms with Crippen LogP contribution in [0.2, 0.25) is 0 Å². The van der Waals surface area contributed by atoms with E-state index in [-0.39, 0.29) is 0 Å². The molecule has 0 unspecified atom stereocenters. The molecule has 1 aliphatic carbocycles. The SMILES string of the molecule is NCCc1cc2c(c(Br)c1O)CCC2. The molecular weight excluding hydrogens is 242 g/mol. The van der Waals surface area contributed by atoms with Crippen LogP contribution in [0.3, 0.4) is 0 Å². The van der Waals surface area contributed by atoms with E-state index in [1.54, 1.807) is 0 Å². The van der Waals surface area contributed by atoms with Crippen LogP contribution in [0.5, 0.6) is 5.75 Å². The summed E-state index contributed by atoms with van der Waals surface area (Å²) in [5.41, 5.74) is 9.12. The van der Waals surface area contributed by atoms with E-state index in [9.17, 15) is 5.11 Å². The topological polar surface area (TPSA) is 46.2 Å². The Bertz CT molecular complexity index is 363. The fourth-order valence-electron chi connectivity index (χ4n) is 2.09. The minimum atomic E-state index is 0.385. The second kappa shape index (κ2) is 3.91. The highest BCUT2D eigenvalue weighted by molar-refractivity contribution is 9.10. The van der Waals surface area contributed by atoms with Gasteiger partial charge in [-0.2, -0.15) is 0 Å². The largest absolute Gasteiger partial charge is 0.506 e. The molecule has 0 heterocycles. The third-order valence-corrected chi connectivity index (χ3v) is 3.65. The van der Waals surface area contributed by atoms with Crippen LogP contribution in [0.25, 0.3) is 0 Å². The summed E-state index contributed by atoms with van der Waals surface area (Å²) in [6, 6.07) is 2.11. The lowest BCUT2D eigenvalue weighted by Crippen LogP contribution is -2.04. The van der Waals surface area contributed by atoms with Crippen LogP contribution in [0.15, 0.2) is 10.5 Å². The number of hydrogen-bond acceptors (Lipinski definition) is 2. The average Bonchev–Trinajstić information content (AvgIpc) is 2.62. The lowest BCUT2D eigenvalue weighted by Gasteiger charge is -2.10. The monoisotopic (exact) mass is 255 g/mol. The van der Waals surface area contributed by atoms with Gasteiger partial charge in [0.25, 0.3) is 0 Å². The maximum absolute atomic E-state index is 9.89. The van der Waals surface area contributed by atoms with Gasteiger partial charge in [-0.15, -0.1) is 0 Å². The number of benzene rings is 1. The number of phenolic OH excluding ortho intramolecular Hbond substituents is 1. The van der Waals surface area contributed by atoms with Crippen molar-refractivity contribution in [2.75, 3.05) is 6.54 Å². The van der Waals surface area contributed by atoms with Crippen LogP contribution >= 0.6 is 15.9 Å². The quantitative estimate of drug-likeness (QED) is 0.851. The number of aromatic hydroxyl groups is 1. The first kappa shape index (κ1) is 9.99. The van der Waals surface area contributed by atoms with Crippen molar-refractivity contribution in [2.24, 2.45) is 5.73 Å². The minimum absolute atomic E-state index is 0.385. The lowest BCUT2D eigenvalue weighted by atomic mass is 10.0. The van der Waals surface area contributed by atoms with Gasteiger partial charge in [0.05, 0.1) is 4.47 Å². The summed E-state index contributed by atoms with van der Waals surface area (Å²) in [6.07, 6.45) is 4.15. The van der Waals surface area contributed by atoms with Gasteiger partial charge in [-0.05, 0) is 64.8 Å². The van der Waals surface area contributed by atoms with Gasteiger partial charge in [0, 0.05) is 0 Å². The van der Waals surface area contributed by atoms with E-state index in [0.29, 0.717) is 12.3 Å². The van der Waals surface area contributed by atoms with Crippen molar-refractivity contribution in [3.63, 3.8) is 0 Å². The maximum Gasteiger partial charge on any atom is 0.133 e. The number of phenols is 1. The molecule has 0 aliphatic heterocycles. The summed E-state index contributed by atoms with van der Waals surface area (Å²) in [4.78, 5) is 0. The molecule has 1 aliphatic rings. The van der Waals surface area contributed by atoms with Gasteiger partial charge in [-0.3, -0.25) is 0 Å². The first-order valence-electron chi connectivity index (χ1n) is 4.96. The molecule has 0 saturated carbocycles. The number of nitrogens with two attached hydrogens (primary N) is 1. The Hall–Kier alpha value is -0.540. The zero-order valence-electron chi connectivity index (χ0n) is 8.02. The molecule has 1 aromatic rings. The first-order valence-corrected chi connectivity index (χ1v) is 5.75. The van der Waals surface area contributed by atoms with E-state index in [4.69, 9.17) is 5.73 Å². The van der Waals surface area contributed by atoms with Crippen molar-refractivity contribution in [3.05, 3.63) is 27.2 Å². The number of fused-ring (bicyclic) bond motifs is 1. The van der Waals surface area contributed by atoms with Gasteiger partial charge in [0.1, 0.15) is 5.75 Å². The highest BCUT2D eigenvalue weighted by Crippen LogP contribution is 2.38. The van der Waals surface area contributed by atoms with Gasteiger partial charge < -0.3 is 10.8 Å². The minimum Gasteiger partial charge on any atom is -0.506 e. The molecule has 0 fully saturated rings. The van der Waals surface area contributed by atoms with Crippen LogP contribution in [0.1, 0.15) is 23.1 Å². The number of aryl methyl sites for hydroxylation is 1. The summed E-state index contributed by atoms with van der Waals surface area (Å²) in [7, 11) is 0. The highest BCUT2D eigenvalue weighted by Gasteiger charge is 2.18. The maximum atomic E-state index is 9.89. The number of rotatable bonds is 2. The van der Waals surface area contributed by atoms with Crippen LogP contribution in [0.4, 0.5) is 0 Å². The van der Waals surface area contributed by atoms with Crippen molar-refractivity contribution in [3.8, 4) is 5.75 Å². The summed E-state index contributed by atoms with van der Waals surface area (Å²) in [5, 5.41) is 9.89. The molecule has 0 saturated heterocycles. The second-order valence-corrected chi connectivity index (χ2v) is 4.52. The normalized spacial score (nSPS) is 14.4. The third-order valence-electron chi connectivity index (χ3n) is 2.80. The molecule has 0 bridgehead atoms. The molecule has 0 radical (unpaired) electrons. The molecule has 76 valence electrons. The van der Waals surface area contributed by atoms with Gasteiger partial charge in [-0.25, -0.2) is 0 Å². The Kier molecular flexibility index (Phi) is 2.79. The molecular formula is C11H14BrNO. The first-order chi connectivity index (χ1) is 6.74. The smallest absolute Gasteiger partial charge is 0.133 e. The van der Waals surface area contributed by atoms with Gasteiger partial charge >= 0.3 is 0 Å². The summed E-state index contributed by atoms with van der Waals surface area (Å²) in [5.74, 6) is 0.385. The van der Waals surface area contributed by atoms with Crippen molar-refractivity contribution in [1.82, 2.24) is 0 Å². The van der Waals surface area contributed by atoms with E-state index in [0.717, 1.165) is 29.3 Å². The van der Waals surface area contributed by atoms with Gasteiger partial charge in [-0.1, -0.05) is 6.07 Å². The molecule has 14 heavy (non-hydrogen) atoms. The van der Waals surface area contributed by atoms with Gasteiger partial charge in [0.2, 0.25) is 0 Å². The second-order valence-electron chi connectivity index (χ2n) is 3.73. The Morgan fingerprint density at radius 3 is 2.93 bits per heavy atom. The van der Waals surface area contributed by atoms with E-state index in [1.165, 1.54) is 17.5 Å². The molecule has 0 spiro atoms. The molecule has 2 nitrogen and oxygen atoms in total. The molecule has 0 atom stereocenters. The van der Waals surface area contributed by atoms with Crippen molar-refractivity contribution >= 4 is 15.9 Å². The number of halogens is 1. The van der Waals surface area contributed by atoms with Crippen molar-refractivity contribution in [1.29, 1.82) is 0 Å². The lowest BCUT2D eigenvalue weighted by molar-refractivity contribution is 0.464. The zero-order chi connectivity index (χ0) is 10.1. The Balaban J connectivity index is 2.49. The van der Waals surface area contributed by atoms with Gasteiger partial charge in [0.15, 0.2) is 0 Å². The summed E-state index contributed by atoms with van der Waals surface area (Å²) in [6.45, 7) is 0.582. The van der Waals surface area contributed by atoms with E-state index < -0.39 is 0 Å². The third kappa shape index (κ3) is 1.55. The van der Waals surface area contributed by atoms with Crippen LogP contribution < -0.4 is 5.73 Å². The Morgan fingerprint density at radius 1 is 1.43 bits per heavy atom. The van der Waals surface area contributed by atoms with E-state index in [1.807, 2.05) is 0 Å². The van der Waals surface area contributed by atoms with Crippen LogP contribution in [-0.4, -0.2) is 11.7 Å². The molecule has 0 amide bonds. The highest BCUT2D eigenvalue weighted by atomic mass is 79.9. The molecule has 0 aromatic heterocycles. The molecule has 3 heteroatoms. The van der Waals surface area contributed by atoms with E-state index in [2.05, 4.69) is 22.0 Å². The predicted octanol–water partition coefficient (Wildman–Crippen LogP) is 2.14. The van der Waals surface area contributed by atoms with Crippen molar-refractivity contribution < 1.29 is 5.11 Å². The summed E-state index contributed by atoms with van der Waals surface area (Å²) >= 11 is 3.46. The fourth-order valence-corrected chi connectivity index (χ4v) is 2.79. The Labute approximate surface area is 92.3 Å². The molecule has 1 aromatic carbocycles. The molecule has 2 rings (SSSR count). The van der Waals surface area contributed by atoms with Crippen LogP contribution in [-0.2, 0) is 19.3 Å².